The quantitative estimate of drug-likeness (QED) is 0.114. The van der Waals surface area contributed by atoms with Crippen molar-refractivity contribution in [2.24, 2.45) is 0 Å². The number of benzene rings is 8. The number of fused-ring (bicyclic) bond motifs is 9. The van der Waals surface area contributed by atoms with Gasteiger partial charge in [-0.15, -0.1) is 0 Å². The Morgan fingerprint density at radius 3 is 2.17 bits per heavy atom. The van der Waals surface area contributed by atoms with Crippen molar-refractivity contribution in [1.82, 2.24) is 4.57 Å². The second-order valence-electron chi connectivity index (χ2n) is 15.3. The van der Waals surface area contributed by atoms with Crippen LogP contribution >= 0.6 is 0 Å². The molecule has 1 aliphatic carbocycles. The Kier molecular flexibility index (Phi) is 8.27. The van der Waals surface area contributed by atoms with E-state index in [4.69, 9.17) is 11.0 Å². The first-order valence-corrected chi connectivity index (χ1v) is 20.3. The van der Waals surface area contributed by atoms with Crippen LogP contribution < -0.4 is 4.90 Å². The molecule has 0 fully saturated rings. The molecule has 8 aromatic carbocycles. The van der Waals surface area contributed by atoms with Crippen LogP contribution in [-0.2, 0) is 6.42 Å². The van der Waals surface area contributed by atoms with Crippen molar-refractivity contribution < 1.29 is 4.42 Å². The van der Waals surface area contributed by atoms with Crippen LogP contribution in [0.4, 0.5) is 11.4 Å². The lowest BCUT2D eigenvalue weighted by Gasteiger charge is -2.26. The minimum absolute atomic E-state index is 0.830. The van der Waals surface area contributed by atoms with Gasteiger partial charge in [0.2, 0.25) is 0 Å². The number of rotatable bonds is 8. The molecule has 0 radical (unpaired) electrons. The van der Waals surface area contributed by atoms with Gasteiger partial charge < -0.3 is 13.9 Å². The van der Waals surface area contributed by atoms with Crippen LogP contribution in [0.25, 0.3) is 82.8 Å². The molecule has 2 aromatic heterocycles. The number of hydrogen-bond acceptors (Lipinski definition) is 2. The molecule has 3 nitrogen and oxygen atoms in total. The first-order valence-electron chi connectivity index (χ1n) is 20.3. The maximum Gasteiger partial charge on any atom is 0.159 e. The van der Waals surface area contributed by atoms with Crippen LogP contribution in [0.15, 0.2) is 211 Å². The van der Waals surface area contributed by atoms with Crippen molar-refractivity contribution in [1.29, 1.82) is 0 Å². The molecule has 59 heavy (non-hydrogen) atoms. The van der Waals surface area contributed by atoms with Crippen molar-refractivity contribution in [3.8, 4) is 16.8 Å². The first kappa shape index (κ1) is 34.6. The summed E-state index contributed by atoms with van der Waals surface area (Å²) in [6.07, 6.45) is 10.5. The molecule has 0 N–H and O–H groups in total. The van der Waals surface area contributed by atoms with Gasteiger partial charge in [0, 0.05) is 38.8 Å². The standard InChI is InChI=1S/C56H40N2O/c1-3-38(47-21-13-24-52-55(47)50-20-9-11-23-51(50)58(52)53-25-14-22-49-48-19-10-12-26-54(48)59-56(49)53)35-37(2)57(43-16-5-4-6-17-43)44-32-29-39(30-33-44)41-31-34-46-42(36-41)28-27-40-15-7-8-18-45(40)46/h3-9,11-18,20-36H,1-2,10,19H2/b38-35+. The van der Waals surface area contributed by atoms with Crippen LogP contribution in [0.3, 0.4) is 0 Å². The Bertz CT molecular complexity index is 3360. The van der Waals surface area contributed by atoms with E-state index in [-0.39, 0.29) is 0 Å². The van der Waals surface area contributed by atoms with Crippen molar-refractivity contribution in [3.63, 3.8) is 0 Å². The molecule has 2 heterocycles. The van der Waals surface area contributed by atoms with Crippen molar-refractivity contribution >= 4 is 77.3 Å². The summed E-state index contributed by atoms with van der Waals surface area (Å²) in [6, 6.07) is 60.8. The van der Waals surface area contributed by atoms with E-state index >= 15 is 0 Å². The molecule has 0 bridgehead atoms. The molecule has 1 aliphatic rings. The second-order valence-corrected chi connectivity index (χ2v) is 15.3. The van der Waals surface area contributed by atoms with Crippen molar-refractivity contribution in [3.05, 3.63) is 224 Å². The zero-order chi connectivity index (χ0) is 39.5. The van der Waals surface area contributed by atoms with Gasteiger partial charge >= 0.3 is 0 Å². The number of hydrogen-bond donors (Lipinski definition) is 0. The van der Waals surface area contributed by atoms with E-state index in [0.717, 1.165) is 80.1 Å². The molecule has 280 valence electrons. The minimum Gasteiger partial charge on any atom is -0.454 e. The molecule has 0 saturated carbocycles. The first-order chi connectivity index (χ1) is 29.1. The highest BCUT2D eigenvalue weighted by Crippen LogP contribution is 2.42. The fourth-order valence-electron chi connectivity index (χ4n) is 9.22. The molecule has 10 aromatic rings. The summed E-state index contributed by atoms with van der Waals surface area (Å²) in [4.78, 5) is 2.22. The molecule has 3 heteroatoms. The molecule has 0 spiro atoms. The van der Waals surface area contributed by atoms with Gasteiger partial charge in [-0.2, -0.15) is 0 Å². The Morgan fingerprint density at radius 1 is 0.610 bits per heavy atom. The van der Waals surface area contributed by atoms with Crippen LogP contribution in [0, 0.1) is 0 Å². The van der Waals surface area contributed by atoms with Gasteiger partial charge in [0.25, 0.3) is 0 Å². The fourth-order valence-corrected chi connectivity index (χ4v) is 9.22. The molecule has 0 unspecified atom stereocenters. The van der Waals surface area contributed by atoms with Crippen molar-refractivity contribution in [2.75, 3.05) is 4.90 Å². The Balaban J connectivity index is 1.00. The topological polar surface area (TPSA) is 21.3 Å². The van der Waals surface area contributed by atoms with Gasteiger partial charge in [0.1, 0.15) is 5.76 Å². The summed E-state index contributed by atoms with van der Waals surface area (Å²) in [7, 11) is 0. The zero-order valence-corrected chi connectivity index (χ0v) is 32.6. The van der Waals surface area contributed by atoms with E-state index in [0.29, 0.717) is 0 Å². The predicted molar refractivity (Wildman–Crippen MR) is 251 cm³/mol. The number of para-hydroxylation sites is 3. The minimum atomic E-state index is 0.830. The molecular formula is C56H40N2O. The van der Waals surface area contributed by atoms with Gasteiger partial charge in [0.15, 0.2) is 5.58 Å². The Hall–Kier alpha value is -7.62. The third-order valence-electron chi connectivity index (χ3n) is 12.0. The molecule has 0 amide bonds. The fraction of sp³-hybridized carbons (Fsp3) is 0.0357. The average Bonchev–Trinajstić information content (AvgIpc) is 3.85. The van der Waals surface area contributed by atoms with E-state index in [1.807, 2.05) is 12.1 Å². The van der Waals surface area contributed by atoms with Crippen LogP contribution in [0.2, 0.25) is 0 Å². The molecular weight excluding hydrogens is 717 g/mol. The lowest BCUT2D eigenvalue weighted by atomic mass is 9.97. The smallest absolute Gasteiger partial charge is 0.159 e. The Labute approximate surface area is 343 Å². The van der Waals surface area contributed by atoms with E-state index in [9.17, 15) is 0 Å². The zero-order valence-electron chi connectivity index (χ0n) is 32.6. The Morgan fingerprint density at radius 2 is 1.31 bits per heavy atom. The molecule has 11 rings (SSSR count). The number of furan rings is 1. The second kappa shape index (κ2) is 14.1. The van der Waals surface area contributed by atoms with Crippen LogP contribution in [0.5, 0.6) is 0 Å². The summed E-state index contributed by atoms with van der Waals surface area (Å²) in [5.74, 6) is 0.968. The van der Waals surface area contributed by atoms with E-state index in [1.54, 1.807) is 0 Å². The summed E-state index contributed by atoms with van der Waals surface area (Å²) < 4.78 is 8.98. The summed E-state index contributed by atoms with van der Waals surface area (Å²) >= 11 is 0. The van der Waals surface area contributed by atoms with Crippen LogP contribution in [0.1, 0.15) is 23.3 Å². The molecule has 0 aliphatic heterocycles. The van der Waals surface area contributed by atoms with E-state index in [2.05, 4.69) is 198 Å². The maximum absolute atomic E-state index is 6.62. The van der Waals surface area contributed by atoms with Crippen LogP contribution in [-0.4, -0.2) is 4.57 Å². The molecule has 0 saturated heterocycles. The average molecular weight is 757 g/mol. The summed E-state index contributed by atoms with van der Waals surface area (Å²) in [6.45, 7) is 9.05. The van der Waals surface area contributed by atoms with Crippen molar-refractivity contribution in [2.45, 2.75) is 12.8 Å². The predicted octanol–water partition coefficient (Wildman–Crippen LogP) is 15.4. The highest BCUT2D eigenvalue weighted by molar-refractivity contribution is 6.15. The lowest BCUT2D eigenvalue weighted by molar-refractivity contribution is 0.594. The third kappa shape index (κ3) is 5.74. The number of nitrogens with zero attached hydrogens (tertiary/aromatic N) is 2. The largest absolute Gasteiger partial charge is 0.454 e. The van der Waals surface area contributed by atoms with Gasteiger partial charge in [-0.25, -0.2) is 0 Å². The van der Waals surface area contributed by atoms with Gasteiger partial charge in [-0.05, 0) is 117 Å². The third-order valence-corrected chi connectivity index (χ3v) is 12.0. The van der Waals surface area contributed by atoms with Gasteiger partial charge in [0.05, 0.1) is 16.7 Å². The van der Waals surface area contributed by atoms with E-state index in [1.165, 1.54) is 43.4 Å². The number of anilines is 2. The monoisotopic (exact) mass is 756 g/mol. The lowest BCUT2D eigenvalue weighted by Crippen LogP contribution is -2.14. The highest BCUT2D eigenvalue weighted by atomic mass is 16.3. The number of allylic oxidation sites excluding steroid dienone is 4. The summed E-state index contributed by atoms with van der Waals surface area (Å²) in [5, 5.41) is 8.56. The number of aromatic nitrogens is 1. The summed E-state index contributed by atoms with van der Waals surface area (Å²) in [5.41, 5.74) is 12.8. The van der Waals surface area contributed by atoms with Gasteiger partial charge in [-0.3, -0.25) is 0 Å². The molecule has 0 atom stereocenters. The van der Waals surface area contributed by atoms with Gasteiger partial charge in [-0.1, -0.05) is 147 Å². The maximum atomic E-state index is 6.62. The highest BCUT2D eigenvalue weighted by Gasteiger charge is 2.22. The SMILES string of the molecule is C=C/C(=C\C(=C)N(c1ccccc1)c1ccc(-c2ccc3c(ccc4ccccc43)c2)cc1)c1cccc2c1c1ccccc1n2-c1cccc2c3c(oc12)C=CCC3. The van der Waals surface area contributed by atoms with E-state index < -0.39 is 0 Å². The normalized spacial score (nSPS) is 12.8. The number of aryl methyl sites for hydroxylation is 1.